The van der Waals surface area contributed by atoms with E-state index in [-0.39, 0.29) is 24.2 Å². The molecule has 0 saturated carbocycles. The Morgan fingerprint density at radius 1 is 1.22 bits per heavy atom. The number of imidazole rings is 1. The second kappa shape index (κ2) is 10.6. The van der Waals surface area contributed by atoms with Gasteiger partial charge in [-0.1, -0.05) is 12.1 Å². The van der Waals surface area contributed by atoms with Gasteiger partial charge < -0.3 is 21.1 Å². The first kappa shape index (κ1) is 22.3. The molecule has 0 spiro atoms. The predicted molar refractivity (Wildman–Crippen MR) is 121 cm³/mol. The lowest BCUT2D eigenvalue weighted by atomic mass is 10.2. The largest absolute Gasteiger partial charge is 0.382 e. The van der Waals surface area contributed by atoms with Crippen LogP contribution in [0.5, 0.6) is 0 Å². The Balaban J connectivity index is 1.09. The lowest BCUT2D eigenvalue weighted by Gasteiger charge is -2.15. The Bertz CT molecular complexity index is 1050. The van der Waals surface area contributed by atoms with E-state index >= 15 is 0 Å². The summed E-state index contributed by atoms with van der Waals surface area (Å²) in [5.74, 6) is 1.91. The Morgan fingerprint density at radius 3 is 2.91 bits per heavy atom. The topological polar surface area (TPSA) is 120 Å². The van der Waals surface area contributed by atoms with Crippen molar-refractivity contribution in [3.63, 3.8) is 0 Å². The van der Waals surface area contributed by atoms with Gasteiger partial charge in [0.2, 0.25) is 0 Å². The number of halogens is 1. The molecule has 0 aliphatic carbocycles. The smallest absolute Gasteiger partial charge is 0.315 e. The van der Waals surface area contributed by atoms with Crippen molar-refractivity contribution in [2.45, 2.75) is 38.1 Å². The van der Waals surface area contributed by atoms with Crippen molar-refractivity contribution in [3.05, 3.63) is 48.3 Å². The molecule has 1 aromatic carbocycles. The highest BCUT2D eigenvalue weighted by Crippen LogP contribution is 2.32. The monoisotopic (exact) mass is 459 g/mol. The zero-order chi connectivity index (χ0) is 22.3. The van der Waals surface area contributed by atoms with Crippen LogP contribution in [0.15, 0.2) is 36.9 Å². The number of amides is 2. The number of rotatable bonds is 9. The summed E-state index contributed by atoms with van der Waals surface area (Å²) in [6.07, 6.45) is 5.98. The molecule has 1 saturated heterocycles. The number of fused-ring (bicyclic) bond motifs is 1. The number of aromatic nitrogens is 4. The Hall–Kier alpha value is -2.92. The summed E-state index contributed by atoms with van der Waals surface area (Å²) >= 11 is 1.82. The number of hydrogen-bond acceptors (Lipinski definition) is 7. The summed E-state index contributed by atoms with van der Waals surface area (Å²) in [4.78, 5) is 24.4. The highest BCUT2D eigenvalue weighted by Gasteiger charge is 2.28. The van der Waals surface area contributed by atoms with Gasteiger partial charge in [0.05, 0.1) is 12.4 Å². The second-order valence-corrected chi connectivity index (χ2v) is 8.69. The molecule has 2 amide bonds. The van der Waals surface area contributed by atoms with Crippen molar-refractivity contribution < 1.29 is 13.9 Å². The SMILES string of the molecule is Nc1ncnc2c1ncn2C1CCC(CSCCCNC(=O)NCc2ccc(F)cc2)O1. The lowest BCUT2D eigenvalue weighted by molar-refractivity contribution is 0.0153. The van der Waals surface area contributed by atoms with Crippen molar-refractivity contribution in [3.8, 4) is 0 Å². The average molecular weight is 460 g/mol. The number of anilines is 1. The van der Waals surface area contributed by atoms with Crippen LogP contribution in [-0.2, 0) is 11.3 Å². The summed E-state index contributed by atoms with van der Waals surface area (Å²) in [5.41, 5.74) is 8.00. The van der Waals surface area contributed by atoms with Gasteiger partial charge in [0.15, 0.2) is 11.5 Å². The third kappa shape index (κ3) is 5.65. The van der Waals surface area contributed by atoms with Crippen molar-refractivity contribution >= 4 is 34.8 Å². The number of nitrogens with two attached hydrogens (primary N) is 1. The molecule has 1 fully saturated rings. The number of carbonyl (C=O) groups is 1. The minimum Gasteiger partial charge on any atom is -0.382 e. The van der Waals surface area contributed by atoms with Gasteiger partial charge >= 0.3 is 6.03 Å². The van der Waals surface area contributed by atoms with Gasteiger partial charge in [-0.2, -0.15) is 11.8 Å². The van der Waals surface area contributed by atoms with E-state index in [0.717, 1.165) is 36.3 Å². The molecule has 2 atom stereocenters. The standard InChI is InChI=1S/C21H26FN7O2S/c22-15-4-2-14(3-5-15)10-25-21(30)24-8-1-9-32-11-16-6-7-17(31-16)29-13-28-18-19(23)26-12-27-20(18)29/h2-5,12-13,16-17H,1,6-11H2,(H2,23,26,27)(H2,24,25,30). The molecular formula is C21H26FN7O2S. The van der Waals surface area contributed by atoms with Crippen LogP contribution in [0, 0.1) is 5.82 Å². The Labute approximate surface area is 189 Å². The normalized spacial score (nSPS) is 18.2. The van der Waals surface area contributed by atoms with Gasteiger partial charge in [0, 0.05) is 18.8 Å². The number of nitrogen functional groups attached to an aromatic ring is 1. The summed E-state index contributed by atoms with van der Waals surface area (Å²) in [7, 11) is 0. The number of urea groups is 1. The summed E-state index contributed by atoms with van der Waals surface area (Å²) in [5, 5.41) is 5.60. The number of benzene rings is 1. The van der Waals surface area contributed by atoms with Gasteiger partial charge in [-0.3, -0.25) is 4.57 Å². The highest BCUT2D eigenvalue weighted by atomic mass is 32.2. The van der Waals surface area contributed by atoms with Gasteiger partial charge in [-0.05, 0) is 42.7 Å². The van der Waals surface area contributed by atoms with E-state index in [1.165, 1.54) is 18.5 Å². The first-order valence-corrected chi connectivity index (χ1v) is 11.7. The highest BCUT2D eigenvalue weighted by molar-refractivity contribution is 7.99. The number of nitrogens with zero attached hydrogens (tertiary/aromatic N) is 4. The molecule has 0 radical (unpaired) electrons. The minimum atomic E-state index is -0.288. The van der Waals surface area contributed by atoms with Crippen LogP contribution in [0.2, 0.25) is 0 Å². The summed E-state index contributed by atoms with van der Waals surface area (Å²) in [6.45, 7) is 0.963. The first-order valence-electron chi connectivity index (χ1n) is 10.5. The molecule has 2 aromatic heterocycles. The Morgan fingerprint density at radius 2 is 2.06 bits per heavy atom. The molecule has 32 heavy (non-hydrogen) atoms. The van der Waals surface area contributed by atoms with Crippen LogP contribution in [0.25, 0.3) is 11.2 Å². The van der Waals surface area contributed by atoms with Gasteiger partial charge in [0.25, 0.3) is 0 Å². The van der Waals surface area contributed by atoms with Crippen LogP contribution in [-0.4, -0.2) is 49.7 Å². The van der Waals surface area contributed by atoms with Gasteiger partial charge in [0.1, 0.15) is 23.9 Å². The van der Waals surface area contributed by atoms with Crippen molar-refractivity contribution in [2.24, 2.45) is 0 Å². The van der Waals surface area contributed by atoms with Crippen molar-refractivity contribution in [1.82, 2.24) is 30.2 Å². The summed E-state index contributed by atoms with van der Waals surface area (Å²) in [6, 6.07) is 5.84. The van der Waals surface area contributed by atoms with E-state index in [1.807, 2.05) is 16.3 Å². The fourth-order valence-corrected chi connectivity index (χ4v) is 4.56. The molecule has 1 aliphatic rings. The van der Waals surface area contributed by atoms with Crippen molar-refractivity contribution in [1.29, 1.82) is 0 Å². The molecule has 170 valence electrons. The third-order valence-corrected chi connectivity index (χ3v) is 6.39. The van der Waals surface area contributed by atoms with Crippen LogP contribution >= 0.6 is 11.8 Å². The number of hydrogen-bond donors (Lipinski definition) is 3. The molecule has 0 bridgehead atoms. The van der Waals surface area contributed by atoms with Gasteiger partial charge in [-0.15, -0.1) is 0 Å². The van der Waals surface area contributed by atoms with Crippen molar-refractivity contribution in [2.75, 3.05) is 23.8 Å². The second-order valence-electron chi connectivity index (χ2n) is 7.54. The Kier molecular flexibility index (Phi) is 7.38. The molecule has 9 nitrogen and oxygen atoms in total. The molecule has 3 heterocycles. The number of nitrogens with one attached hydrogen (secondary N) is 2. The zero-order valence-corrected chi connectivity index (χ0v) is 18.4. The molecule has 3 aromatic rings. The van der Waals surface area contributed by atoms with Gasteiger partial charge in [-0.25, -0.2) is 24.1 Å². The number of thioether (sulfide) groups is 1. The molecule has 4 N–H and O–H groups in total. The minimum absolute atomic E-state index is 0.0913. The van der Waals surface area contributed by atoms with Crippen LogP contribution in [0.1, 0.15) is 31.1 Å². The molecule has 2 unspecified atom stereocenters. The average Bonchev–Trinajstić information content (AvgIpc) is 3.43. The zero-order valence-electron chi connectivity index (χ0n) is 17.5. The first-order chi connectivity index (χ1) is 15.6. The summed E-state index contributed by atoms with van der Waals surface area (Å²) < 4.78 is 21.0. The van der Waals surface area contributed by atoms with E-state index in [4.69, 9.17) is 10.5 Å². The maximum Gasteiger partial charge on any atom is 0.315 e. The van der Waals surface area contributed by atoms with E-state index in [9.17, 15) is 9.18 Å². The van der Waals surface area contributed by atoms with Crippen LogP contribution in [0.3, 0.4) is 0 Å². The van der Waals surface area contributed by atoms with E-state index in [2.05, 4.69) is 25.6 Å². The van der Waals surface area contributed by atoms with E-state index in [0.29, 0.717) is 30.1 Å². The van der Waals surface area contributed by atoms with E-state index in [1.54, 1.807) is 18.5 Å². The van der Waals surface area contributed by atoms with Crippen LogP contribution < -0.4 is 16.4 Å². The molecule has 4 rings (SSSR count). The fourth-order valence-electron chi connectivity index (χ4n) is 3.53. The maximum atomic E-state index is 12.9. The predicted octanol–water partition coefficient (Wildman–Crippen LogP) is 2.85. The number of ether oxygens (including phenoxy) is 1. The quantitative estimate of drug-likeness (QED) is 0.421. The maximum absolute atomic E-state index is 12.9. The van der Waals surface area contributed by atoms with Crippen LogP contribution in [0.4, 0.5) is 15.0 Å². The molecule has 1 aliphatic heterocycles. The fraction of sp³-hybridized carbons (Fsp3) is 0.429. The number of carbonyl (C=O) groups excluding carboxylic acids is 1. The molecular weight excluding hydrogens is 433 g/mol. The lowest BCUT2D eigenvalue weighted by Crippen LogP contribution is -2.35. The van der Waals surface area contributed by atoms with E-state index < -0.39 is 0 Å². The molecule has 11 heteroatoms. The third-order valence-electron chi connectivity index (χ3n) is 5.20.